The summed E-state index contributed by atoms with van der Waals surface area (Å²) >= 11 is 0. The Morgan fingerprint density at radius 2 is 2.08 bits per heavy atom. The van der Waals surface area contributed by atoms with Crippen LogP contribution in [0.2, 0.25) is 0 Å². The molecule has 0 saturated heterocycles. The third-order valence-corrected chi connectivity index (χ3v) is 4.22. The Balaban J connectivity index is 1.54. The summed E-state index contributed by atoms with van der Waals surface area (Å²) in [6.07, 6.45) is 6.43. The molecule has 6 nitrogen and oxygen atoms in total. The van der Waals surface area contributed by atoms with Crippen LogP contribution >= 0.6 is 0 Å². The van der Waals surface area contributed by atoms with Crippen molar-refractivity contribution in [2.24, 2.45) is 0 Å². The van der Waals surface area contributed by atoms with Crippen LogP contribution in [0.3, 0.4) is 0 Å². The van der Waals surface area contributed by atoms with Gasteiger partial charge in [-0.05, 0) is 41.8 Å². The van der Waals surface area contributed by atoms with Gasteiger partial charge in [0, 0.05) is 25.5 Å². The average Bonchev–Trinajstić information content (AvgIpc) is 3.25. The van der Waals surface area contributed by atoms with Crippen LogP contribution in [0.15, 0.2) is 55.0 Å². The number of pyridine rings is 1. The van der Waals surface area contributed by atoms with Crippen LogP contribution in [0.1, 0.15) is 21.5 Å². The quantitative estimate of drug-likeness (QED) is 0.800. The molecule has 1 N–H and O–H groups in total. The summed E-state index contributed by atoms with van der Waals surface area (Å²) in [7, 11) is 0. The molecule has 0 amide bonds. The van der Waals surface area contributed by atoms with E-state index in [-0.39, 0.29) is 0 Å². The second-order valence-electron chi connectivity index (χ2n) is 5.80. The van der Waals surface area contributed by atoms with E-state index in [1.807, 2.05) is 30.6 Å². The Morgan fingerprint density at radius 3 is 2.79 bits per heavy atom. The van der Waals surface area contributed by atoms with Crippen LogP contribution in [0.4, 0.5) is 5.82 Å². The third kappa shape index (κ3) is 2.62. The summed E-state index contributed by atoms with van der Waals surface area (Å²) in [6.45, 7) is 1.63. The normalized spacial score (nSPS) is 13.1. The van der Waals surface area contributed by atoms with Gasteiger partial charge in [0.1, 0.15) is 5.82 Å². The summed E-state index contributed by atoms with van der Waals surface area (Å²) in [5.41, 5.74) is 3.56. The van der Waals surface area contributed by atoms with Crippen molar-refractivity contribution < 1.29 is 9.90 Å². The zero-order valence-electron chi connectivity index (χ0n) is 13.0. The molecule has 0 radical (unpaired) electrons. The van der Waals surface area contributed by atoms with Crippen LogP contribution in [-0.2, 0) is 13.0 Å². The molecule has 1 aliphatic rings. The number of carbonyl (C=O) groups is 1. The molecule has 0 unspecified atom stereocenters. The van der Waals surface area contributed by atoms with Crippen LogP contribution in [0.5, 0.6) is 0 Å². The van der Waals surface area contributed by atoms with E-state index < -0.39 is 5.97 Å². The van der Waals surface area contributed by atoms with Gasteiger partial charge in [-0.15, -0.1) is 0 Å². The lowest BCUT2D eigenvalue weighted by atomic mass is 10.1. The highest BCUT2D eigenvalue weighted by atomic mass is 16.4. The van der Waals surface area contributed by atoms with Crippen molar-refractivity contribution in [2.75, 3.05) is 11.4 Å². The third-order valence-electron chi connectivity index (χ3n) is 4.22. The maximum Gasteiger partial charge on any atom is 0.335 e. The van der Waals surface area contributed by atoms with Gasteiger partial charge < -0.3 is 10.0 Å². The van der Waals surface area contributed by atoms with Crippen molar-refractivity contribution in [3.63, 3.8) is 0 Å². The number of rotatable bonds is 4. The number of anilines is 1. The highest BCUT2D eigenvalue weighted by Crippen LogP contribution is 2.28. The molecule has 6 heteroatoms. The molecule has 4 rings (SSSR count). The van der Waals surface area contributed by atoms with Gasteiger partial charge in [0.2, 0.25) is 0 Å². The van der Waals surface area contributed by atoms with E-state index in [2.05, 4.69) is 21.0 Å². The van der Waals surface area contributed by atoms with Crippen LogP contribution in [-0.4, -0.2) is 32.4 Å². The molecule has 120 valence electrons. The van der Waals surface area contributed by atoms with Crippen molar-refractivity contribution in [3.8, 4) is 5.69 Å². The van der Waals surface area contributed by atoms with Crippen molar-refractivity contribution in [2.45, 2.75) is 13.0 Å². The lowest BCUT2D eigenvalue weighted by Crippen LogP contribution is -2.20. The van der Waals surface area contributed by atoms with E-state index >= 15 is 0 Å². The molecular weight excluding hydrogens is 304 g/mol. The zero-order chi connectivity index (χ0) is 16.5. The number of aromatic nitrogens is 3. The Bertz CT molecular complexity index is 873. The monoisotopic (exact) mass is 320 g/mol. The fourth-order valence-electron chi connectivity index (χ4n) is 2.99. The maximum atomic E-state index is 10.9. The standard InChI is InChI=1S/C18H16N4O2/c23-18(24)14-4-2-13(3-5-14)12-21-9-6-15-10-16(11-19-17(15)21)22-8-1-7-20-22/h1-5,7-8,10-11H,6,9,12H2,(H,23,24). The fraction of sp³-hybridized carbons (Fsp3) is 0.167. The topological polar surface area (TPSA) is 71.2 Å². The molecule has 1 aliphatic heterocycles. The van der Waals surface area contributed by atoms with Gasteiger partial charge in [0.05, 0.1) is 17.4 Å². The molecule has 24 heavy (non-hydrogen) atoms. The van der Waals surface area contributed by atoms with Gasteiger partial charge in [0.15, 0.2) is 0 Å². The molecule has 0 bridgehead atoms. The second kappa shape index (κ2) is 5.81. The van der Waals surface area contributed by atoms with Gasteiger partial charge in [0.25, 0.3) is 0 Å². The fourth-order valence-corrected chi connectivity index (χ4v) is 2.99. The number of hydrogen-bond acceptors (Lipinski definition) is 4. The summed E-state index contributed by atoms with van der Waals surface area (Å²) in [5.74, 6) is 0.0918. The number of carboxylic acids is 1. The Labute approximate surface area is 139 Å². The smallest absolute Gasteiger partial charge is 0.335 e. The number of nitrogens with zero attached hydrogens (tertiary/aromatic N) is 4. The van der Waals surface area contributed by atoms with Crippen molar-refractivity contribution in [3.05, 3.63) is 71.7 Å². The lowest BCUT2D eigenvalue weighted by Gasteiger charge is -2.18. The molecule has 0 atom stereocenters. The Kier molecular flexibility index (Phi) is 3.49. The van der Waals surface area contributed by atoms with E-state index in [1.165, 1.54) is 5.56 Å². The van der Waals surface area contributed by atoms with Gasteiger partial charge in [-0.25, -0.2) is 14.5 Å². The average molecular weight is 320 g/mol. The van der Waals surface area contributed by atoms with E-state index in [1.54, 1.807) is 23.0 Å². The zero-order valence-corrected chi connectivity index (χ0v) is 13.0. The number of aromatic carboxylic acids is 1. The molecule has 2 aromatic heterocycles. The van der Waals surface area contributed by atoms with E-state index in [9.17, 15) is 4.79 Å². The van der Waals surface area contributed by atoms with Crippen LogP contribution in [0, 0.1) is 0 Å². The van der Waals surface area contributed by atoms with Gasteiger partial charge in [-0.2, -0.15) is 5.10 Å². The maximum absolute atomic E-state index is 10.9. The number of fused-ring (bicyclic) bond motifs is 1. The number of benzene rings is 1. The second-order valence-corrected chi connectivity index (χ2v) is 5.80. The molecule has 0 saturated carbocycles. The minimum atomic E-state index is -0.902. The molecule has 1 aromatic carbocycles. The predicted octanol–water partition coefficient (Wildman–Crippen LogP) is 2.53. The number of carboxylic acid groups (broad SMARTS) is 1. The first kappa shape index (κ1) is 14.4. The first-order chi connectivity index (χ1) is 11.7. The molecule has 0 aliphatic carbocycles. The predicted molar refractivity (Wildman–Crippen MR) is 89.5 cm³/mol. The first-order valence-electron chi connectivity index (χ1n) is 7.77. The summed E-state index contributed by atoms with van der Waals surface area (Å²) in [4.78, 5) is 17.8. The van der Waals surface area contributed by atoms with Gasteiger partial charge in [-0.1, -0.05) is 12.1 Å². The van der Waals surface area contributed by atoms with Gasteiger partial charge >= 0.3 is 5.97 Å². The molecular formula is C18H16N4O2. The minimum absolute atomic E-state index is 0.308. The van der Waals surface area contributed by atoms with Crippen molar-refractivity contribution in [1.82, 2.24) is 14.8 Å². The molecule has 0 fully saturated rings. The van der Waals surface area contributed by atoms with Crippen molar-refractivity contribution >= 4 is 11.8 Å². The Hall–Kier alpha value is -3.15. The largest absolute Gasteiger partial charge is 0.478 e. The highest BCUT2D eigenvalue weighted by molar-refractivity contribution is 5.87. The minimum Gasteiger partial charge on any atom is -0.478 e. The summed E-state index contributed by atoms with van der Waals surface area (Å²) in [5, 5.41) is 13.2. The van der Waals surface area contributed by atoms with Crippen LogP contribution < -0.4 is 4.90 Å². The van der Waals surface area contributed by atoms with E-state index in [4.69, 9.17) is 5.11 Å². The number of hydrogen-bond donors (Lipinski definition) is 1. The van der Waals surface area contributed by atoms with E-state index in [0.717, 1.165) is 36.6 Å². The molecule has 3 heterocycles. The van der Waals surface area contributed by atoms with Gasteiger partial charge in [-0.3, -0.25) is 0 Å². The lowest BCUT2D eigenvalue weighted by molar-refractivity contribution is 0.0697. The summed E-state index contributed by atoms with van der Waals surface area (Å²) < 4.78 is 1.81. The van der Waals surface area contributed by atoms with Crippen LogP contribution in [0.25, 0.3) is 5.69 Å². The molecule has 3 aromatic rings. The highest BCUT2D eigenvalue weighted by Gasteiger charge is 2.21. The SMILES string of the molecule is O=C(O)c1ccc(CN2CCc3cc(-n4cccn4)cnc32)cc1. The molecule has 0 spiro atoms. The summed E-state index contributed by atoms with van der Waals surface area (Å²) in [6, 6.07) is 11.0. The Morgan fingerprint density at radius 1 is 1.25 bits per heavy atom. The van der Waals surface area contributed by atoms with Crippen molar-refractivity contribution in [1.29, 1.82) is 0 Å². The first-order valence-corrected chi connectivity index (χ1v) is 7.77. The van der Waals surface area contributed by atoms with E-state index in [0.29, 0.717) is 5.56 Å².